The molecule has 0 aliphatic carbocycles. The zero-order chi connectivity index (χ0) is 16.7. The molecule has 1 heterocycles. The predicted octanol–water partition coefficient (Wildman–Crippen LogP) is 2.18. The molecule has 0 bridgehead atoms. The van der Waals surface area contributed by atoms with Crippen LogP contribution < -0.4 is 5.32 Å². The topological polar surface area (TPSA) is 71.3 Å². The molecular formula is C17H24N4O2. The second-order valence-electron chi connectivity index (χ2n) is 5.64. The van der Waals surface area contributed by atoms with Crippen LogP contribution in [0.3, 0.4) is 0 Å². The summed E-state index contributed by atoms with van der Waals surface area (Å²) in [6.45, 7) is 2.82. The molecule has 6 nitrogen and oxygen atoms in total. The molecule has 1 amide bonds. The van der Waals surface area contributed by atoms with Gasteiger partial charge in [0.05, 0.1) is 6.04 Å². The molecule has 0 saturated heterocycles. The average molecular weight is 316 g/mol. The Labute approximate surface area is 136 Å². The van der Waals surface area contributed by atoms with E-state index in [-0.39, 0.29) is 11.9 Å². The third-order valence-electron chi connectivity index (χ3n) is 3.90. The van der Waals surface area contributed by atoms with Crippen LogP contribution in [0.2, 0.25) is 0 Å². The predicted molar refractivity (Wildman–Crippen MR) is 87.9 cm³/mol. The second-order valence-corrected chi connectivity index (χ2v) is 5.64. The first-order chi connectivity index (χ1) is 11.1. The number of rotatable bonds is 8. The van der Waals surface area contributed by atoms with Crippen LogP contribution >= 0.6 is 0 Å². The molecule has 0 aliphatic heterocycles. The van der Waals surface area contributed by atoms with E-state index in [4.69, 9.17) is 4.52 Å². The number of hydrogen-bond acceptors (Lipinski definition) is 5. The summed E-state index contributed by atoms with van der Waals surface area (Å²) in [6, 6.07) is 10.1. The zero-order valence-corrected chi connectivity index (χ0v) is 14.0. The Kier molecular flexibility index (Phi) is 6.29. The number of amides is 1. The van der Waals surface area contributed by atoms with Crippen molar-refractivity contribution in [2.24, 2.45) is 0 Å². The smallest absolute Gasteiger partial charge is 0.243 e. The maximum atomic E-state index is 11.2. The molecule has 0 saturated carbocycles. The van der Waals surface area contributed by atoms with Crippen LogP contribution in [0.15, 0.2) is 34.9 Å². The van der Waals surface area contributed by atoms with E-state index in [9.17, 15) is 4.79 Å². The van der Waals surface area contributed by atoms with Gasteiger partial charge in [0.15, 0.2) is 5.82 Å². The maximum Gasteiger partial charge on any atom is 0.243 e. The molecule has 0 fully saturated rings. The number of nitrogens with one attached hydrogen (secondary N) is 1. The van der Waals surface area contributed by atoms with Gasteiger partial charge in [-0.3, -0.25) is 9.69 Å². The molecule has 2 aromatic rings. The second kappa shape index (κ2) is 8.43. The zero-order valence-electron chi connectivity index (χ0n) is 14.0. The number of aromatic nitrogens is 2. The van der Waals surface area contributed by atoms with E-state index in [1.807, 2.05) is 44.3 Å². The lowest BCUT2D eigenvalue weighted by molar-refractivity contribution is -0.120. The molecule has 1 aromatic heterocycles. The van der Waals surface area contributed by atoms with Crippen molar-refractivity contribution in [3.05, 3.63) is 47.6 Å². The number of carbonyl (C=O) groups is 1. The summed E-state index contributed by atoms with van der Waals surface area (Å²) in [5.41, 5.74) is 1.16. The third-order valence-corrected chi connectivity index (χ3v) is 3.90. The summed E-state index contributed by atoms with van der Waals surface area (Å²) in [5.74, 6) is 1.36. The van der Waals surface area contributed by atoms with Gasteiger partial charge < -0.3 is 9.84 Å². The molecule has 2 rings (SSSR count). The van der Waals surface area contributed by atoms with Gasteiger partial charge in [-0.2, -0.15) is 4.98 Å². The molecule has 1 atom stereocenters. The van der Waals surface area contributed by atoms with E-state index in [0.29, 0.717) is 24.6 Å². The Morgan fingerprint density at radius 2 is 2.09 bits per heavy atom. The molecule has 124 valence electrons. The fraction of sp³-hybridized carbons (Fsp3) is 0.471. The highest BCUT2D eigenvalue weighted by Crippen LogP contribution is 2.18. The van der Waals surface area contributed by atoms with Gasteiger partial charge in [-0.05, 0) is 32.5 Å². The molecule has 1 N–H and O–H groups in total. The number of nitrogens with zero attached hydrogens (tertiary/aromatic N) is 3. The average Bonchev–Trinajstić information content (AvgIpc) is 3.03. The van der Waals surface area contributed by atoms with E-state index in [1.165, 1.54) is 0 Å². The minimum absolute atomic E-state index is 0.0247. The molecule has 0 spiro atoms. The highest BCUT2D eigenvalue weighted by Gasteiger charge is 2.18. The van der Waals surface area contributed by atoms with Crippen LogP contribution in [-0.2, 0) is 11.2 Å². The van der Waals surface area contributed by atoms with Crippen molar-refractivity contribution in [3.63, 3.8) is 0 Å². The van der Waals surface area contributed by atoms with Crippen LogP contribution in [0.25, 0.3) is 0 Å². The van der Waals surface area contributed by atoms with E-state index in [0.717, 1.165) is 18.5 Å². The Bertz CT molecular complexity index is 612. The first-order valence-corrected chi connectivity index (χ1v) is 7.87. The number of benzene rings is 1. The van der Waals surface area contributed by atoms with Crippen molar-refractivity contribution in [1.29, 1.82) is 0 Å². The monoisotopic (exact) mass is 316 g/mol. The van der Waals surface area contributed by atoms with Gasteiger partial charge in [0.25, 0.3) is 0 Å². The van der Waals surface area contributed by atoms with E-state index >= 15 is 0 Å². The van der Waals surface area contributed by atoms with Crippen molar-refractivity contribution >= 4 is 5.91 Å². The Balaban J connectivity index is 1.87. The number of hydrogen-bond donors (Lipinski definition) is 1. The van der Waals surface area contributed by atoms with Crippen molar-refractivity contribution in [2.45, 2.75) is 32.2 Å². The van der Waals surface area contributed by atoms with E-state index in [1.54, 1.807) is 7.05 Å². The molecule has 0 aliphatic rings. The van der Waals surface area contributed by atoms with Crippen LogP contribution in [0, 0.1) is 0 Å². The molecular weight excluding hydrogens is 292 g/mol. The summed E-state index contributed by atoms with van der Waals surface area (Å²) < 4.78 is 5.39. The maximum absolute atomic E-state index is 11.2. The highest BCUT2D eigenvalue weighted by molar-refractivity contribution is 5.75. The highest BCUT2D eigenvalue weighted by atomic mass is 16.5. The van der Waals surface area contributed by atoms with Crippen LogP contribution in [-0.4, -0.2) is 41.6 Å². The Morgan fingerprint density at radius 3 is 2.78 bits per heavy atom. The van der Waals surface area contributed by atoms with E-state index < -0.39 is 0 Å². The van der Waals surface area contributed by atoms with Gasteiger partial charge in [0, 0.05) is 19.9 Å². The molecule has 1 unspecified atom stereocenters. The summed E-state index contributed by atoms with van der Waals surface area (Å²) in [7, 11) is 3.65. The first kappa shape index (κ1) is 17.1. The van der Waals surface area contributed by atoms with Gasteiger partial charge in [0.2, 0.25) is 11.8 Å². The lowest BCUT2D eigenvalue weighted by atomic mass is 10.1. The van der Waals surface area contributed by atoms with Crippen LogP contribution in [0.4, 0.5) is 0 Å². The minimum Gasteiger partial charge on any atom is -0.359 e. The van der Waals surface area contributed by atoms with Crippen molar-refractivity contribution in [1.82, 2.24) is 20.4 Å². The standard InChI is InChI=1S/C17H24N4O2/c1-13(21(3)11-7-10-16(22)18-2)17-19-15(20-23-17)12-14-8-5-4-6-9-14/h4-6,8-9,13H,7,10-12H2,1-3H3,(H,18,22). The fourth-order valence-electron chi connectivity index (χ4n) is 2.28. The lowest BCUT2D eigenvalue weighted by Gasteiger charge is -2.21. The van der Waals surface area contributed by atoms with Gasteiger partial charge >= 0.3 is 0 Å². The number of carbonyl (C=O) groups excluding carboxylic acids is 1. The first-order valence-electron chi connectivity index (χ1n) is 7.87. The van der Waals surface area contributed by atoms with Crippen molar-refractivity contribution in [3.8, 4) is 0 Å². The van der Waals surface area contributed by atoms with Gasteiger partial charge in [-0.25, -0.2) is 0 Å². The van der Waals surface area contributed by atoms with Gasteiger partial charge in [-0.15, -0.1) is 0 Å². The molecule has 1 aromatic carbocycles. The van der Waals surface area contributed by atoms with Crippen molar-refractivity contribution < 1.29 is 9.32 Å². The molecule has 6 heteroatoms. The van der Waals surface area contributed by atoms with Crippen molar-refractivity contribution in [2.75, 3.05) is 20.6 Å². The summed E-state index contributed by atoms with van der Waals surface area (Å²) in [4.78, 5) is 17.8. The summed E-state index contributed by atoms with van der Waals surface area (Å²) >= 11 is 0. The van der Waals surface area contributed by atoms with Gasteiger partial charge in [0.1, 0.15) is 0 Å². The third kappa shape index (κ3) is 5.17. The molecule has 0 radical (unpaired) electrons. The largest absolute Gasteiger partial charge is 0.359 e. The summed E-state index contributed by atoms with van der Waals surface area (Å²) in [6.07, 6.45) is 1.99. The van der Waals surface area contributed by atoms with Crippen LogP contribution in [0.1, 0.15) is 43.1 Å². The van der Waals surface area contributed by atoms with E-state index in [2.05, 4.69) is 20.4 Å². The lowest BCUT2D eigenvalue weighted by Crippen LogP contribution is -2.25. The quantitative estimate of drug-likeness (QED) is 0.808. The Morgan fingerprint density at radius 1 is 1.35 bits per heavy atom. The Hall–Kier alpha value is -2.21. The minimum atomic E-state index is 0.0247. The van der Waals surface area contributed by atoms with Gasteiger partial charge in [-0.1, -0.05) is 35.5 Å². The van der Waals surface area contributed by atoms with Crippen LogP contribution in [0.5, 0.6) is 0 Å². The fourth-order valence-corrected chi connectivity index (χ4v) is 2.28. The SMILES string of the molecule is CNC(=O)CCCN(C)C(C)c1nc(Cc2ccccc2)no1. The molecule has 23 heavy (non-hydrogen) atoms. The normalized spacial score (nSPS) is 12.3. The summed E-state index contributed by atoms with van der Waals surface area (Å²) in [5, 5.41) is 6.69.